The fourth-order valence-electron chi connectivity index (χ4n) is 2.14. The molecule has 2 aliphatic rings. The molecule has 0 radical (unpaired) electrons. The number of likely N-dealkylation sites (tertiary alicyclic amines) is 1. The largest absolute Gasteiger partial charge is 0.480 e. The Morgan fingerprint density at radius 2 is 1.62 bits per heavy atom. The summed E-state index contributed by atoms with van der Waals surface area (Å²) < 4.78 is 0. The molecule has 1 aliphatic carbocycles. The van der Waals surface area contributed by atoms with Crippen molar-refractivity contribution in [2.75, 3.05) is 13.1 Å². The number of rotatable bonds is 2. The number of aliphatic hydroxyl groups is 1. The molecule has 90 valence electrons. The van der Waals surface area contributed by atoms with E-state index < -0.39 is 17.0 Å². The Kier molecular flexibility index (Phi) is 2.45. The minimum absolute atomic E-state index is 0.268. The number of amides is 1. The van der Waals surface area contributed by atoms with Gasteiger partial charge in [0, 0.05) is 13.1 Å². The van der Waals surface area contributed by atoms with Gasteiger partial charge in [-0.05, 0) is 32.6 Å². The monoisotopic (exact) mass is 227 g/mol. The molecule has 1 amide bonds. The average Bonchev–Trinajstić information content (AvgIpc) is 2.97. The van der Waals surface area contributed by atoms with Gasteiger partial charge in [0.2, 0.25) is 5.91 Å². The van der Waals surface area contributed by atoms with Crippen LogP contribution in [-0.2, 0) is 9.59 Å². The highest BCUT2D eigenvalue weighted by atomic mass is 16.4. The van der Waals surface area contributed by atoms with Crippen LogP contribution in [0.4, 0.5) is 0 Å². The first-order valence-corrected chi connectivity index (χ1v) is 5.63. The van der Waals surface area contributed by atoms with Gasteiger partial charge in [-0.25, -0.2) is 0 Å². The Labute approximate surface area is 94.0 Å². The first kappa shape index (κ1) is 11.4. The molecule has 1 aliphatic heterocycles. The second-order valence-corrected chi connectivity index (χ2v) is 5.18. The lowest BCUT2D eigenvalue weighted by atomic mass is 9.92. The second kappa shape index (κ2) is 3.45. The fraction of sp³-hybridized carbons (Fsp3) is 0.818. The molecule has 5 nitrogen and oxygen atoms in total. The van der Waals surface area contributed by atoms with Crippen LogP contribution in [0.5, 0.6) is 0 Å². The smallest absolute Gasteiger partial charge is 0.319 e. The molecular formula is C11H17NO4. The molecule has 2 rings (SSSR count). The van der Waals surface area contributed by atoms with E-state index in [2.05, 4.69) is 0 Å². The van der Waals surface area contributed by atoms with E-state index in [-0.39, 0.29) is 5.91 Å². The standard InChI is InChI=1S/C11H17NO4/c1-10(16)4-6-12(7-5-10)8(13)11(2-3-11)9(14)15/h16H,2-7H2,1H3,(H,14,15). The van der Waals surface area contributed by atoms with Crippen molar-refractivity contribution in [1.82, 2.24) is 4.90 Å². The Bertz CT molecular complexity index is 323. The van der Waals surface area contributed by atoms with Gasteiger partial charge in [0.15, 0.2) is 0 Å². The second-order valence-electron chi connectivity index (χ2n) is 5.18. The van der Waals surface area contributed by atoms with E-state index >= 15 is 0 Å². The third-order valence-corrected chi connectivity index (χ3v) is 3.70. The molecule has 0 unspecified atom stereocenters. The van der Waals surface area contributed by atoms with Crippen LogP contribution in [-0.4, -0.2) is 45.7 Å². The van der Waals surface area contributed by atoms with Gasteiger partial charge in [-0.3, -0.25) is 9.59 Å². The maximum Gasteiger partial charge on any atom is 0.319 e. The minimum Gasteiger partial charge on any atom is -0.480 e. The highest BCUT2D eigenvalue weighted by molar-refractivity contribution is 6.04. The van der Waals surface area contributed by atoms with Crippen LogP contribution >= 0.6 is 0 Å². The SMILES string of the molecule is CC1(O)CCN(C(=O)C2(C(=O)O)CC2)CC1. The summed E-state index contributed by atoms with van der Waals surface area (Å²) in [6, 6.07) is 0. The van der Waals surface area contributed by atoms with Crippen molar-refractivity contribution in [1.29, 1.82) is 0 Å². The molecule has 16 heavy (non-hydrogen) atoms. The molecule has 1 saturated heterocycles. The Morgan fingerprint density at radius 1 is 1.12 bits per heavy atom. The summed E-state index contributed by atoms with van der Waals surface area (Å²) in [7, 11) is 0. The van der Waals surface area contributed by atoms with Crippen molar-refractivity contribution in [3.8, 4) is 0 Å². The van der Waals surface area contributed by atoms with Crippen LogP contribution < -0.4 is 0 Å². The molecule has 0 aromatic heterocycles. The summed E-state index contributed by atoms with van der Waals surface area (Å²) in [5, 5.41) is 18.8. The van der Waals surface area contributed by atoms with E-state index in [0.29, 0.717) is 38.8 Å². The van der Waals surface area contributed by atoms with E-state index in [1.54, 1.807) is 11.8 Å². The summed E-state index contributed by atoms with van der Waals surface area (Å²) in [4.78, 5) is 24.6. The maximum atomic E-state index is 12.0. The van der Waals surface area contributed by atoms with Crippen LogP contribution in [0.2, 0.25) is 0 Å². The van der Waals surface area contributed by atoms with Crippen molar-refractivity contribution < 1.29 is 19.8 Å². The van der Waals surface area contributed by atoms with E-state index in [4.69, 9.17) is 5.11 Å². The summed E-state index contributed by atoms with van der Waals surface area (Å²) in [6.07, 6.45) is 1.95. The zero-order chi connectivity index (χ0) is 12.0. The maximum absolute atomic E-state index is 12.0. The predicted octanol–water partition coefficient (Wildman–Crippen LogP) is 0.225. The van der Waals surface area contributed by atoms with E-state index in [0.717, 1.165) is 0 Å². The number of nitrogens with zero attached hydrogens (tertiary/aromatic N) is 1. The number of hydrogen-bond donors (Lipinski definition) is 2. The molecule has 0 atom stereocenters. The van der Waals surface area contributed by atoms with E-state index in [1.807, 2.05) is 0 Å². The number of aliphatic carboxylic acids is 1. The number of hydrogen-bond acceptors (Lipinski definition) is 3. The summed E-state index contributed by atoms with van der Waals surface area (Å²) in [6.45, 7) is 2.67. The number of piperidine rings is 1. The van der Waals surface area contributed by atoms with Crippen LogP contribution in [0, 0.1) is 5.41 Å². The van der Waals surface area contributed by atoms with Gasteiger partial charge in [0.25, 0.3) is 0 Å². The van der Waals surface area contributed by atoms with E-state index in [9.17, 15) is 14.7 Å². The average molecular weight is 227 g/mol. The Balaban J connectivity index is 2.00. The van der Waals surface area contributed by atoms with Gasteiger partial charge in [-0.2, -0.15) is 0 Å². The van der Waals surface area contributed by atoms with Gasteiger partial charge in [0.1, 0.15) is 5.41 Å². The molecule has 2 fully saturated rings. The van der Waals surface area contributed by atoms with Gasteiger partial charge in [0.05, 0.1) is 5.60 Å². The molecule has 2 N–H and O–H groups in total. The van der Waals surface area contributed by atoms with Crippen molar-refractivity contribution in [3.05, 3.63) is 0 Å². The molecule has 0 aromatic rings. The van der Waals surface area contributed by atoms with E-state index in [1.165, 1.54) is 0 Å². The highest BCUT2D eigenvalue weighted by Gasteiger charge is 2.58. The van der Waals surface area contributed by atoms with Crippen molar-refractivity contribution in [2.24, 2.45) is 5.41 Å². The minimum atomic E-state index is -1.14. The molecule has 0 spiro atoms. The van der Waals surface area contributed by atoms with Crippen molar-refractivity contribution in [2.45, 2.75) is 38.2 Å². The molecule has 0 bridgehead atoms. The lowest BCUT2D eigenvalue weighted by Crippen LogP contribution is -2.49. The predicted molar refractivity (Wildman–Crippen MR) is 55.7 cm³/mol. The number of carboxylic acid groups (broad SMARTS) is 1. The van der Waals surface area contributed by atoms with Gasteiger partial charge >= 0.3 is 5.97 Å². The van der Waals surface area contributed by atoms with Crippen LogP contribution in [0.15, 0.2) is 0 Å². The lowest BCUT2D eigenvalue weighted by Gasteiger charge is -2.36. The molecular weight excluding hydrogens is 210 g/mol. The van der Waals surface area contributed by atoms with Crippen molar-refractivity contribution >= 4 is 11.9 Å². The van der Waals surface area contributed by atoms with Crippen LogP contribution in [0.3, 0.4) is 0 Å². The number of carbonyl (C=O) groups excluding carboxylic acids is 1. The molecule has 1 saturated carbocycles. The van der Waals surface area contributed by atoms with Crippen LogP contribution in [0.25, 0.3) is 0 Å². The summed E-state index contributed by atoms with van der Waals surface area (Å²) in [5.74, 6) is -1.27. The Morgan fingerprint density at radius 3 is 2.00 bits per heavy atom. The zero-order valence-corrected chi connectivity index (χ0v) is 9.40. The molecule has 0 aromatic carbocycles. The van der Waals surface area contributed by atoms with Gasteiger partial charge in [-0.15, -0.1) is 0 Å². The van der Waals surface area contributed by atoms with Crippen molar-refractivity contribution in [3.63, 3.8) is 0 Å². The number of carboxylic acids is 1. The first-order chi connectivity index (χ1) is 7.37. The normalized spacial score (nSPS) is 26.2. The van der Waals surface area contributed by atoms with Gasteiger partial charge < -0.3 is 15.1 Å². The third-order valence-electron chi connectivity index (χ3n) is 3.70. The van der Waals surface area contributed by atoms with Gasteiger partial charge in [-0.1, -0.05) is 0 Å². The topological polar surface area (TPSA) is 77.8 Å². The Hall–Kier alpha value is -1.10. The highest BCUT2D eigenvalue weighted by Crippen LogP contribution is 2.48. The zero-order valence-electron chi connectivity index (χ0n) is 9.40. The molecule has 5 heteroatoms. The molecule has 1 heterocycles. The summed E-state index contributed by atoms with van der Waals surface area (Å²) in [5.41, 5.74) is -1.85. The first-order valence-electron chi connectivity index (χ1n) is 5.63. The third kappa shape index (κ3) is 1.80. The number of carbonyl (C=O) groups is 2. The fourth-order valence-corrected chi connectivity index (χ4v) is 2.14. The quantitative estimate of drug-likeness (QED) is 0.662. The summed E-state index contributed by atoms with van der Waals surface area (Å²) >= 11 is 0. The van der Waals surface area contributed by atoms with Crippen LogP contribution in [0.1, 0.15) is 32.6 Å². The lowest BCUT2D eigenvalue weighted by molar-refractivity contribution is -0.155.